The molecule has 0 bridgehead atoms. The largest absolute Gasteiger partial charge is 0.445 e. The topological polar surface area (TPSA) is 60.4 Å². The van der Waals surface area contributed by atoms with Crippen molar-refractivity contribution in [2.75, 3.05) is 0 Å². The number of ketones is 1. The van der Waals surface area contributed by atoms with Crippen LogP contribution in [0.5, 0.6) is 0 Å². The maximum atomic E-state index is 12.1. The zero-order valence-electron chi connectivity index (χ0n) is 17.5. The van der Waals surface area contributed by atoms with Gasteiger partial charge in [-0.15, -0.1) is 6.42 Å². The zero-order valence-corrected chi connectivity index (χ0v) is 18.3. The number of rotatable bonds is 2. The van der Waals surface area contributed by atoms with Crippen LogP contribution < -0.4 is 0 Å². The normalized spacial score (nSPS) is 43.3. The van der Waals surface area contributed by atoms with Gasteiger partial charge >= 0.3 is 5.97 Å². The summed E-state index contributed by atoms with van der Waals surface area (Å²) in [5, 5.41) is 0.189. The van der Waals surface area contributed by atoms with E-state index in [4.69, 9.17) is 11.2 Å². The average molecular weight is 415 g/mol. The summed E-state index contributed by atoms with van der Waals surface area (Å²) >= 11 is 1.38. The van der Waals surface area contributed by atoms with Crippen LogP contribution >= 0.6 is 11.8 Å². The van der Waals surface area contributed by atoms with Gasteiger partial charge in [-0.1, -0.05) is 24.6 Å². The Labute approximate surface area is 177 Å². The number of fused-ring (bicyclic) bond motifs is 5. The molecule has 0 unspecified atom stereocenters. The summed E-state index contributed by atoms with van der Waals surface area (Å²) in [6, 6.07) is 0. The molecule has 3 saturated carbocycles. The average Bonchev–Trinajstić information content (AvgIpc) is 2.94. The number of esters is 1. The van der Waals surface area contributed by atoms with Gasteiger partial charge in [-0.25, -0.2) is 0 Å². The van der Waals surface area contributed by atoms with Gasteiger partial charge in [-0.05, 0) is 73.8 Å². The summed E-state index contributed by atoms with van der Waals surface area (Å²) in [6.07, 6.45) is 13.9. The molecular weight excluding hydrogens is 384 g/mol. The predicted octanol–water partition coefficient (Wildman–Crippen LogP) is 4.32. The van der Waals surface area contributed by atoms with Crippen molar-refractivity contribution >= 4 is 28.6 Å². The molecule has 4 aliphatic rings. The standard InChI is InChI=1S/C24H30O4S/c1-5-24(28-14(2)25)11-9-21-19-13-22(29-15(3)26)20-12-16(27)6-7-17(20)18(19)8-10-23(21,24)4/h1,12,17-19,21-22H,6-11,13H2,2-4H3/t17-,18-,19-,21+,22+,23+,24-/m1/s1. The lowest BCUT2D eigenvalue weighted by atomic mass is 9.50. The fourth-order valence-electron chi connectivity index (χ4n) is 7.16. The predicted molar refractivity (Wildman–Crippen MR) is 113 cm³/mol. The zero-order chi connectivity index (χ0) is 21.0. The Morgan fingerprint density at radius 1 is 1.21 bits per heavy atom. The molecule has 0 aromatic rings. The Bertz CT molecular complexity index is 823. The third-order valence-electron chi connectivity index (χ3n) is 8.30. The highest BCUT2D eigenvalue weighted by atomic mass is 32.2. The third kappa shape index (κ3) is 3.19. The summed E-state index contributed by atoms with van der Waals surface area (Å²) in [4.78, 5) is 35.9. The summed E-state index contributed by atoms with van der Waals surface area (Å²) in [5.41, 5.74) is 0.148. The van der Waals surface area contributed by atoms with Crippen LogP contribution in [0.2, 0.25) is 0 Å². The van der Waals surface area contributed by atoms with Crippen LogP contribution in [0.1, 0.15) is 65.7 Å². The van der Waals surface area contributed by atoms with Gasteiger partial charge in [0.05, 0.1) is 0 Å². The minimum Gasteiger partial charge on any atom is -0.445 e. The van der Waals surface area contributed by atoms with Gasteiger partial charge in [0.25, 0.3) is 0 Å². The molecule has 5 heteroatoms. The summed E-state index contributed by atoms with van der Waals surface area (Å²) in [6.45, 7) is 5.27. The van der Waals surface area contributed by atoms with E-state index in [9.17, 15) is 14.4 Å². The highest BCUT2D eigenvalue weighted by Crippen LogP contribution is 2.66. The molecule has 156 valence electrons. The van der Waals surface area contributed by atoms with Crippen LogP contribution in [0.3, 0.4) is 0 Å². The Kier molecular flexibility index (Phi) is 5.22. The molecule has 0 heterocycles. The molecule has 4 aliphatic carbocycles. The van der Waals surface area contributed by atoms with Gasteiger partial charge in [0.1, 0.15) is 0 Å². The Balaban J connectivity index is 1.70. The first-order chi connectivity index (χ1) is 13.7. The molecule has 0 N–H and O–H groups in total. The second-order valence-corrected chi connectivity index (χ2v) is 11.0. The van der Waals surface area contributed by atoms with Crippen molar-refractivity contribution in [2.45, 2.75) is 76.6 Å². The van der Waals surface area contributed by atoms with Crippen LogP contribution in [0, 0.1) is 41.4 Å². The highest BCUT2D eigenvalue weighted by molar-refractivity contribution is 8.14. The van der Waals surface area contributed by atoms with Crippen molar-refractivity contribution in [3.63, 3.8) is 0 Å². The maximum absolute atomic E-state index is 12.1. The van der Waals surface area contributed by atoms with E-state index < -0.39 is 5.60 Å². The number of hydrogen-bond donors (Lipinski definition) is 0. The smallest absolute Gasteiger partial charge is 0.304 e. The summed E-state index contributed by atoms with van der Waals surface area (Å²) in [5.74, 6) is 4.53. The Hall–Kier alpha value is -1.54. The molecule has 0 radical (unpaired) electrons. The van der Waals surface area contributed by atoms with Crippen molar-refractivity contribution in [1.29, 1.82) is 0 Å². The Morgan fingerprint density at radius 3 is 2.62 bits per heavy atom. The van der Waals surface area contributed by atoms with Gasteiger partial charge in [-0.3, -0.25) is 14.4 Å². The third-order valence-corrected chi connectivity index (χ3v) is 9.38. The highest BCUT2D eigenvalue weighted by Gasteiger charge is 2.65. The van der Waals surface area contributed by atoms with Gasteiger partial charge in [0, 0.05) is 30.9 Å². The van der Waals surface area contributed by atoms with Crippen LogP contribution in [0.4, 0.5) is 0 Å². The van der Waals surface area contributed by atoms with Gasteiger partial charge < -0.3 is 4.74 Å². The van der Waals surface area contributed by atoms with E-state index in [0.717, 1.165) is 32.1 Å². The molecule has 0 aliphatic heterocycles. The van der Waals surface area contributed by atoms with Crippen LogP contribution in [0.15, 0.2) is 11.6 Å². The first kappa shape index (κ1) is 20.7. The summed E-state index contributed by atoms with van der Waals surface area (Å²) < 4.78 is 5.82. The van der Waals surface area contributed by atoms with E-state index in [0.29, 0.717) is 36.5 Å². The van der Waals surface area contributed by atoms with Crippen molar-refractivity contribution in [1.82, 2.24) is 0 Å². The van der Waals surface area contributed by atoms with Crippen LogP contribution in [-0.4, -0.2) is 27.7 Å². The molecule has 0 aromatic carbocycles. The van der Waals surface area contributed by atoms with E-state index in [2.05, 4.69) is 12.8 Å². The minimum atomic E-state index is -0.823. The van der Waals surface area contributed by atoms with E-state index in [-0.39, 0.29) is 27.5 Å². The van der Waals surface area contributed by atoms with Crippen molar-refractivity contribution < 1.29 is 19.1 Å². The second kappa shape index (κ2) is 7.30. The van der Waals surface area contributed by atoms with Crippen molar-refractivity contribution in [3.8, 4) is 12.3 Å². The molecule has 4 nitrogen and oxygen atoms in total. The van der Waals surface area contributed by atoms with Crippen LogP contribution in [-0.2, 0) is 19.1 Å². The van der Waals surface area contributed by atoms with E-state index in [1.807, 2.05) is 6.08 Å². The monoisotopic (exact) mass is 414 g/mol. The number of carbonyl (C=O) groups excluding carboxylic acids is 3. The first-order valence-electron chi connectivity index (χ1n) is 10.8. The van der Waals surface area contributed by atoms with E-state index in [1.54, 1.807) is 6.92 Å². The lowest BCUT2D eigenvalue weighted by molar-refractivity contribution is -0.167. The number of terminal acetylenes is 1. The molecule has 0 amide bonds. The number of hydrogen-bond acceptors (Lipinski definition) is 5. The van der Waals surface area contributed by atoms with E-state index >= 15 is 0 Å². The van der Waals surface area contributed by atoms with Crippen LogP contribution in [0.25, 0.3) is 0 Å². The van der Waals surface area contributed by atoms with Gasteiger partial charge in [0.2, 0.25) is 0 Å². The molecule has 0 saturated heterocycles. The van der Waals surface area contributed by atoms with Crippen molar-refractivity contribution in [2.24, 2.45) is 29.1 Å². The van der Waals surface area contributed by atoms with E-state index in [1.165, 1.54) is 24.3 Å². The fraction of sp³-hybridized carbons (Fsp3) is 0.708. The number of thioether (sulfide) groups is 1. The molecule has 0 spiro atoms. The SMILES string of the molecule is C#C[C@@]1(OC(C)=O)CC[C@H]2[C@@H]3C[C@H](SC(C)=O)C4=CC(=O)CC[C@@H]4[C@H]3CC[C@@]21C. The van der Waals surface area contributed by atoms with Crippen molar-refractivity contribution in [3.05, 3.63) is 11.6 Å². The number of ether oxygens (including phenoxy) is 1. The quantitative estimate of drug-likeness (QED) is 0.497. The molecule has 3 fully saturated rings. The Morgan fingerprint density at radius 2 is 1.97 bits per heavy atom. The number of carbonyl (C=O) groups is 3. The van der Waals surface area contributed by atoms with Gasteiger partial charge in [0.15, 0.2) is 16.5 Å². The fourth-order valence-corrected chi connectivity index (χ4v) is 8.25. The molecule has 4 rings (SSSR count). The first-order valence-corrected chi connectivity index (χ1v) is 11.7. The van der Waals surface area contributed by atoms with Gasteiger partial charge in [-0.2, -0.15) is 0 Å². The lowest BCUT2D eigenvalue weighted by Gasteiger charge is -2.56. The molecular formula is C24H30O4S. The second-order valence-electron chi connectivity index (χ2n) is 9.58. The lowest BCUT2D eigenvalue weighted by Crippen LogP contribution is -2.54. The summed E-state index contributed by atoms with van der Waals surface area (Å²) in [7, 11) is 0. The maximum Gasteiger partial charge on any atom is 0.304 e. The minimum absolute atomic E-state index is 0.0833. The molecule has 7 atom stereocenters. The molecule has 29 heavy (non-hydrogen) atoms. The molecule has 0 aromatic heterocycles.